The van der Waals surface area contributed by atoms with Crippen LogP contribution in [0.25, 0.3) is 0 Å². The highest BCUT2D eigenvalue weighted by molar-refractivity contribution is 7.85. The van der Waals surface area contributed by atoms with Crippen molar-refractivity contribution in [1.82, 2.24) is 4.90 Å². The Kier molecular flexibility index (Phi) is 7.18. The average Bonchev–Trinajstić information content (AvgIpc) is 2.35. The highest BCUT2D eigenvalue weighted by atomic mass is 32.2. The van der Waals surface area contributed by atoms with Crippen LogP contribution in [0.2, 0.25) is 0 Å². The molecule has 0 unspecified atom stereocenters. The number of ether oxygens (including phenoxy) is 1. The van der Waals surface area contributed by atoms with Gasteiger partial charge in [-0.05, 0) is 26.3 Å². The summed E-state index contributed by atoms with van der Waals surface area (Å²) in [5, 5.41) is 0. The first kappa shape index (κ1) is 19.6. The molecule has 0 atom stereocenters. The van der Waals surface area contributed by atoms with E-state index in [-0.39, 0.29) is 19.1 Å². The van der Waals surface area contributed by atoms with Crippen molar-refractivity contribution in [3.8, 4) is 0 Å². The minimum atomic E-state index is -3.49. The van der Waals surface area contributed by atoms with Crippen LogP contribution >= 0.6 is 0 Å². The van der Waals surface area contributed by atoms with Gasteiger partial charge in [-0.2, -0.15) is 8.42 Å². The van der Waals surface area contributed by atoms with Gasteiger partial charge in [-0.1, -0.05) is 30.3 Å². The minimum absolute atomic E-state index is 0.00549. The van der Waals surface area contributed by atoms with Gasteiger partial charge in [-0.25, -0.2) is 0 Å². The molecule has 0 aliphatic heterocycles. The van der Waals surface area contributed by atoms with Gasteiger partial charge < -0.3 is 4.74 Å². The van der Waals surface area contributed by atoms with Crippen molar-refractivity contribution in [3.05, 3.63) is 35.9 Å². The van der Waals surface area contributed by atoms with Gasteiger partial charge in [0.1, 0.15) is 5.60 Å². The minimum Gasteiger partial charge on any atom is -0.459 e. The van der Waals surface area contributed by atoms with Crippen molar-refractivity contribution in [1.29, 1.82) is 0 Å². The van der Waals surface area contributed by atoms with E-state index in [4.69, 9.17) is 8.92 Å². The fourth-order valence-electron chi connectivity index (χ4n) is 1.93. The summed E-state index contributed by atoms with van der Waals surface area (Å²) in [6, 6.07) is 9.62. The third-order valence-corrected chi connectivity index (χ3v) is 3.32. The van der Waals surface area contributed by atoms with Crippen LogP contribution in [-0.4, -0.2) is 50.8 Å². The average molecular weight is 343 g/mol. The lowest BCUT2D eigenvalue weighted by Gasteiger charge is -2.25. The number of benzene rings is 1. The van der Waals surface area contributed by atoms with E-state index in [1.807, 2.05) is 30.3 Å². The van der Waals surface area contributed by atoms with Gasteiger partial charge in [0.2, 0.25) is 0 Å². The Labute approximate surface area is 138 Å². The fourth-order valence-corrected chi connectivity index (χ4v) is 2.31. The zero-order valence-electron chi connectivity index (χ0n) is 14.1. The molecule has 1 aromatic rings. The molecule has 1 aromatic carbocycles. The van der Waals surface area contributed by atoms with Crippen molar-refractivity contribution in [2.24, 2.45) is 0 Å². The number of esters is 1. The van der Waals surface area contributed by atoms with Gasteiger partial charge in [0, 0.05) is 13.1 Å². The van der Waals surface area contributed by atoms with Crippen LogP contribution in [0, 0.1) is 0 Å². The third-order valence-electron chi connectivity index (χ3n) is 2.73. The smallest absolute Gasteiger partial charge is 0.320 e. The lowest BCUT2D eigenvalue weighted by Crippen LogP contribution is -2.36. The molecule has 0 saturated carbocycles. The molecule has 0 aliphatic carbocycles. The van der Waals surface area contributed by atoms with Gasteiger partial charge in [0.25, 0.3) is 10.1 Å². The molecule has 0 fully saturated rings. The van der Waals surface area contributed by atoms with Crippen LogP contribution in [0.15, 0.2) is 30.3 Å². The molecular formula is C16H25NO5S. The van der Waals surface area contributed by atoms with Gasteiger partial charge in [0.05, 0.1) is 19.4 Å². The second-order valence-electron chi connectivity index (χ2n) is 6.31. The summed E-state index contributed by atoms with van der Waals surface area (Å²) < 4.78 is 32.2. The van der Waals surface area contributed by atoms with Gasteiger partial charge in [-0.15, -0.1) is 0 Å². The molecule has 0 saturated heterocycles. The maximum atomic E-state index is 12.0. The third kappa shape index (κ3) is 10.0. The summed E-state index contributed by atoms with van der Waals surface area (Å²) in [5.41, 5.74) is 0.467. The van der Waals surface area contributed by atoms with Gasteiger partial charge in [-0.3, -0.25) is 13.9 Å². The normalized spacial score (nSPS) is 12.4. The van der Waals surface area contributed by atoms with Gasteiger partial charge >= 0.3 is 5.97 Å². The molecule has 130 valence electrons. The summed E-state index contributed by atoms with van der Waals surface area (Å²) in [6.45, 7) is 6.29. The molecule has 1 rings (SSSR count). The number of nitrogens with zero attached hydrogens (tertiary/aromatic N) is 1. The van der Waals surface area contributed by atoms with Crippen molar-refractivity contribution in [2.75, 3.05) is 26.0 Å². The Hall–Kier alpha value is -1.44. The van der Waals surface area contributed by atoms with Crippen LogP contribution in [0.3, 0.4) is 0 Å². The first-order valence-electron chi connectivity index (χ1n) is 7.38. The number of hydrogen-bond acceptors (Lipinski definition) is 6. The molecule has 6 nitrogen and oxygen atoms in total. The van der Waals surface area contributed by atoms with E-state index in [0.717, 1.165) is 11.8 Å². The summed E-state index contributed by atoms with van der Waals surface area (Å²) in [5.74, 6) is -0.354. The van der Waals surface area contributed by atoms with Crippen LogP contribution in [0.4, 0.5) is 0 Å². The molecule has 0 amide bonds. The monoisotopic (exact) mass is 343 g/mol. The Morgan fingerprint density at radius 1 is 1.17 bits per heavy atom. The molecule has 0 spiro atoms. The number of rotatable bonds is 8. The summed E-state index contributed by atoms with van der Waals surface area (Å²) >= 11 is 0. The fraction of sp³-hybridized carbons (Fsp3) is 0.562. The lowest BCUT2D eigenvalue weighted by molar-refractivity contribution is -0.156. The molecule has 0 bridgehead atoms. The van der Waals surface area contributed by atoms with E-state index in [9.17, 15) is 13.2 Å². The second kappa shape index (κ2) is 8.42. The largest absolute Gasteiger partial charge is 0.459 e. The standard InChI is InChI=1S/C16H25NO5S/c1-16(2,3)22-15(18)13-17(10-11-21-23(4,19)20)12-14-8-6-5-7-9-14/h5-9H,10-13H2,1-4H3. The van der Waals surface area contributed by atoms with E-state index in [2.05, 4.69) is 0 Å². The van der Waals surface area contributed by atoms with Crippen molar-refractivity contribution in [2.45, 2.75) is 32.9 Å². The zero-order chi connectivity index (χ0) is 17.5. The molecule has 0 aliphatic rings. The van der Waals surface area contributed by atoms with E-state index in [1.165, 1.54) is 0 Å². The van der Waals surface area contributed by atoms with Crippen LogP contribution < -0.4 is 0 Å². The first-order chi connectivity index (χ1) is 10.6. The highest BCUT2D eigenvalue weighted by Crippen LogP contribution is 2.09. The predicted molar refractivity (Wildman–Crippen MR) is 88.4 cm³/mol. The highest BCUT2D eigenvalue weighted by Gasteiger charge is 2.19. The molecule has 0 radical (unpaired) electrons. The Morgan fingerprint density at radius 3 is 2.30 bits per heavy atom. The quantitative estimate of drug-likeness (QED) is 0.529. The number of carbonyl (C=O) groups is 1. The lowest BCUT2D eigenvalue weighted by atomic mass is 10.2. The van der Waals surface area contributed by atoms with Crippen molar-refractivity contribution < 1.29 is 22.1 Å². The molecule has 0 aromatic heterocycles. The molecule has 0 N–H and O–H groups in total. The number of hydrogen-bond donors (Lipinski definition) is 0. The van der Waals surface area contributed by atoms with Crippen LogP contribution in [0.1, 0.15) is 26.3 Å². The van der Waals surface area contributed by atoms with E-state index >= 15 is 0 Å². The number of carbonyl (C=O) groups excluding carboxylic acids is 1. The topological polar surface area (TPSA) is 72.9 Å². The zero-order valence-corrected chi connectivity index (χ0v) is 14.9. The first-order valence-corrected chi connectivity index (χ1v) is 9.19. The molecule has 0 heterocycles. The Morgan fingerprint density at radius 2 is 1.78 bits per heavy atom. The van der Waals surface area contributed by atoms with Crippen LogP contribution in [0.5, 0.6) is 0 Å². The van der Waals surface area contributed by atoms with Gasteiger partial charge in [0.15, 0.2) is 0 Å². The van der Waals surface area contributed by atoms with Crippen LogP contribution in [-0.2, 0) is 30.4 Å². The maximum Gasteiger partial charge on any atom is 0.320 e. The van der Waals surface area contributed by atoms with E-state index < -0.39 is 15.7 Å². The van der Waals surface area contributed by atoms with Crippen molar-refractivity contribution >= 4 is 16.1 Å². The van der Waals surface area contributed by atoms with E-state index in [1.54, 1.807) is 25.7 Å². The molecular weight excluding hydrogens is 318 g/mol. The van der Waals surface area contributed by atoms with E-state index in [0.29, 0.717) is 13.1 Å². The molecule has 23 heavy (non-hydrogen) atoms. The second-order valence-corrected chi connectivity index (χ2v) is 7.95. The molecule has 7 heteroatoms. The SMILES string of the molecule is CC(C)(C)OC(=O)CN(CCOS(C)(=O)=O)Cc1ccccc1. The van der Waals surface area contributed by atoms with Crippen molar-refractivity contribution in [3.63, 3.8) is 0 Å². The maximum absolute atomic E-state index is 12.0. The Balaban J connectivity index is 2.65. The summed E-state index contributed by atoms with van der Waals surface area (Å²) in [6.07, 6.45) is 1.00. The summed E-state index contributed by atoms with van der Waals surface area (Å²) in [4.78, 5) is 13.8. The predicted octanol–water partition coefficient (Wildman–Crippen LogP) is 1.81. The Bertz CT molecular complexity index is 593. The summed E-state index contributed by atoms with van der Waals surface area (Å²) in [7, 11) is -3.49.